The summed E-state index contributed by atoms with van der Waals surface area (Å²) < 4.78 is 4.99. The Balaban J connectivity index is 2.55. The van der Waals surface area contributed by atoms with Crippen molar-refractivity contribution in [1.29, 1.82) is 0 Å². The average Bonchev–Trinajstić information content (AvgIpc) is 2.48. The van der Waals surface area contributed by atoms with E-state index in [0.29, 0.717) is 5.56 Å². The summed E-state index contributed by atoms with van der Waals surface area (Å²) in [5, 5.41) is 3.24. The fraction of sp³-hybridized carbons (Fsp3) is 0.600. The molecule has 1 amide bonds. The summed E-state index contributed by atoms with van der Waals surface area (Å²) in [4.78, 5) is 18.1. The molecule has 0 atom stereocenters. The first-order valence-electron chi connectivity index (χ1n) is 7.12. The quantitative estimate of drug-likeness (QED) is 0.705. The Kier molecular flexibility index (Phi) is 7.65. The lowest BCUT2D eigenvalue weighted by molar-refractivity contribution is 0.0793. The van der Waals surface area contributed by atoms with E-state index in [1.165, 1.54) is 0 Å². The van der Waals surface area contributed by atoms with E-state index >= 15 is 0 Å². The van der Waals surface area contributed by atoms with Crippen molar-refractivity contribution in [2.75, 3.05) is 39.2 Å². The van der Waals surface area contributed by atoms with Crippen LogP contribution < -0.4 is 5.32 Å². The molecule has 0 bridgehead atoms. The van der Waals surface area contributed by atoms with Crippen LogP contribution in [0, 0.1) is 0 Å². The molecule has 5 heteroatoms. The lowest BCUT2D eigenvalue weighted by atomic mass is 10.2. The normalized spacial score (nSPS) is 10.3. The summed E-state index contributed by atoms with van der Waals surface area (Å²) in [7, 11) is 3.52. The molecule has 0 fully saturated rings. The maximum atomic E-state index is 12.2. The lowest BCUT2D eigenvalue weighted by Crippen LogP contribution is -2.27. The van der Waals surface area contributed by atoms with E-state index in [2.05, 4.69) is 17.2 Å². The van der Waals surface area contributed by atoms with Crippen molar-refractivity contribution in [3.05, 3.63) is 24.0 Å². The number of amides is 1. The lowest BCUT2D eigenvalue weighted by Gasteiger charge is -2.17. The second kappa shape index (κ2) is 9.31. The van der Waals surface area contributed by atoms with Gasteiger partial charge in [0.2, 0.25) is 0 Å². The Morgan fingerprint density at radius 1 is 1.40 bits per heavy atom. The summed E-state index contributed by atoms with van der Waals surface area (Å²) in [6.07, 6.45) is 6.37. The predicted octanol–water partition coefficient (Wildman–Crippen LogP) is 2.40. The molecule has 0 saturated carbocycles. The number of hydrogen-bond donors (Lipinski definition) is 1. The number of hydrogen-bond acceptors (Lipinski definition) is 4. The van der Waals surface area contributed by atoms with Crippen molar-refractivity contribution < 1.29 is 9.53 Å². The molecule has 0 aromatic carbocycles. The Labute approximate surface area is 121 Å². The van der Waals surface area contributed by atoms with E-state index < -0.39 is 0 Å². The number of carbonyl (C=O) groups is 1. The van der Waals surface area contributed by atoms with E-state index in [9.17, 15) is 4.79 Å². The summed E-state index contributed by atoms with van der Waals surface area (Å²) in [5.74, 6) is 0.0199. The van der Waals surface area contributed by atoms with Crippen LogP contribution in [-0.4, -0.2) is 49.6 Å². The van der Waals surface area contributed by atoms with Gasteiger partial charge in [-0.3, -0.25) is 9.78 Å². The average molecular weight is 279 g/mol. The van der Waals surface area contributed by atoms with E-state index in [1.54, 1.807) is 24.4 Å². The van der Waals surface area contributed by atoms with Crippen LogP contribution in [0.15, 0.2) is 18.5 Å². The number of ether oxygens (including phenoxy) is 1. The molecule has 112 valence electrons. The van der Waals surface area contributed by atoms with Gasteiger partial charge in [-0.25, -0.2) is 0 Å². The Hall–Kier alpha value is -1.62. The highest BCUT2D eigenvalue weighted by molar-refractivity contribution is 5.94. The van der Waals surface area contributed by atoms with Crippen molar-refractivity contribution in [3.8, 4) is 0 Å². The predicted molar refractivity (Wildman–Crippen MR) is 81.1 cm³/mol. The summed E-state index contributed by atoms with van der Waals surface area (Å²) in [5.41, 5.74) is 1.50. The van der Waals surface area contributed by atoms with Crippen LogP contribution in [0.2, 0.25) is 0 Å². The molecule has 0 spiro atoms. The zero-order chi connectivity index (χ0) is 14.8. The summed E-state index contributed by atoms with van der Waals surface area (Å²) in [6, 6.07) is 1.85. The number of unbranched alkanes of at least 4 members (excludes halogenated alkanes) is 1. The maximum absolute atomic E-state index is 12.2. The minimum atomic E-state index is 0.0199. The molecule has 0 unspecified atom stereocenters. The van der Waals surface area contributed by atoms with Gasteiger partial charge in [0.15, 0.2) is 0 Å². The molecule has 0 radical (unpaired) electrons. The number of methoxy groups -OCH3 is 1. The number of nitrogens with one attached hydrogen (secondary N) is 1. The molecule has 0 aliphatic rings. The first kappa shape index (κ1) is 16.4. The third kappa shape index (κ3) is 5.57. The second-order valence-corrected chi connectivity index (χ2v) is 4.82. The Bertz CT molecular complexity index is 410. The van der Waals surface area contributed by atoms with Gasteiger partial charge in [-0.1, -0.05) is 13.3 Å². The van der Waals surface area contributed by atoms with Gasteiger partial charge in [0.1, 0.15) is 0 Å². The highest BCUT2D eigenvalue weighted by Gasteiger charge is 2.11. The minimum Gasteiger partial charge on any atom is -0.385 e. The van der Waals surface area contributed by atoms with E-state index in [0.717, 1.165) is 44.6 Å². The second-order valence-electron chi connectivity index (χ2n) is 4.82. The molecule has 0 saturated heterocycles. The van der Waals surface area contributed by atoms with E-state index in [4.69, 9.17) is 4.74 Å². The largest absolute Gasteiger partial charge is 0.385 e. The minimum absolute atomic E-state index is 0.0199. The molecular weight excluding hydrogens is 254 g/mol. The molecule has 0 aliphatic carbocycles. The molecule has 1 heterocycles. The fourth-order valence-corrected chi connectivity index (χ4v) is 1.82. The Morgan fingerprint density at radius 2 is 2.20 bits per heavy atom. The Morgan fingerprint density at radius 3 is 2.90 bits per heavy atom. The number of aromatic nitrogens is 1. The van der Waals surface area contributed by atoms with Crippen LogP contribution in [0.4, 0.5) is 5.69 Å². The van der Waals surface area contributed by atoms with Crippen LogP contribution in [0.3, 0.4) is 0 Å². The van der Waals surface area contributed by atoms with Crippen LogP contribution >= 0.6 is 0 Å². The van der Waals surface area contributed by atoms with Crippen LogP contribution in [0.1, 0.15) is 36.5 Å². The van der Waals surface area contributed by atoms with Gasteiger partial charge in [-0.05, 0) is 18.9 Å². The molecule has 1 rings (SSSR count). The van der Waals surface area contributed by atoms with Crippen LogP contribution in [0.25, 0.3) is 0 Å². The molecule has 5 nitrogen and oxygen atoms in total. The van der Waals surface area contributed by atoms with Crippen LogP contribution in [-0.2, 0) is 4.74 Å². The van der Waals surface area contributed by atoms with E-state index in [-0.39, 0.29) is 5.91 Å². The van der Waals surface area contributed by atoms with Crippen molar-refractivity contribution in [3.63, 3.8) is 0 Å². The van der Waals surface area contributed by atoms with Gasteiger partial charge in [-0.15, -0.1) is 0 Å². The monoisotopic (exact) mass is 279 g/mol. The molecular formula is C15H25N3O2. The summed E-state index contributed by atoms with van der Waals surface area (Å²) in [6.45, 7) is 4.42. The molecule has 0 aliphatic heterocycles. The molecule has 1 N–H and O–H groups in total. The van der Waals surface area contributed by atoms with Gasteiger partial charge in [0, 0.05) is 46.2 Å². The van der Waals surface area contributed by atoms with Gasteiger partial charge >= 0.3 is 0 Å². The van der Waals surface area contributed by atoms with E-state index in [1.807, 2.05) is 13.1 Å². The van der Waals surface area contributed by atoms with Gasteiger partial charge in [0.25, 0.3) is 5.91 Å². The number of carbonyl (C=O) groups excluding carboxylic acids is 1. The molecule has 1 aromatic rings. The third-order valence-electron chi connectivity index (χ3n) is 3.03. The molecule has 1 aromatic heterocycles. The van der Waals surface area contributed by atoms with Gasteiger partial charge < -0.3 is 15.0 Å². The zero-order valence-electron chi connectivity index (χ0n) is 12.7. The van der Waals surface area contributed by atoms with Crippen LogP contribution in [0.5, 0.6) is 0 Å². The number of pyridine rings is 1. The van der Waals surface area contributed by atoms with Crippen molar-refractivity contribution >= 4 is 11.6 Å². The SMILES string of the molecule is CCCCN(C)C(=O)c1cncc(NCCCOC)c1. The zero-order valence-corrected chi connectivity index (χ0v) is 12.7. The molecule has 20 heavy (non-hydrogen) atoms. The maximum Gasteiger partial charge on any atom is 0.255 e. The first-order chi connectivity index (χ1) is 9.69. The topological polar surface area (TPSA) is 54.5 Å². The smallest absolute Gasteiger partial charge is 0.255 e. The highest BCUT2D eigenvalue weighted by atomic mass is 16.5. The van der Waals surface area contributed by atoms with Gasteiger partial charge in [-0.2, -0.15) is 0 Å². The van der Waals surface area contributed by atoms with Crippen molar-refractivity contribution in [1.82, 2.24) is 9.88 Å². The van der Waals surface area contributed by atoms with Gasteiger partial charge in [0.05, 0.1) is 11.3 Å². The highest BCUT2D eigenvalue weighted by Crippen LogP contribution is 2.10. The standard InChI is InChI=1S/C15H25N3O2/c1-4-5-8-18(2)15(19)13-10-14(12-16-11-13)17-7-6-9-20-3/h10-12,17H,4-9H2,1-3H3. The van der Waals surface area contributed by atoms with Crippen molar-refractivity contribution in [2.24, 2.45) is 0 Å². The van der Waals surface area contributed by atoms with Crippen molar-refractivity contribution in [2.45, 2.75) is 26.2 Å². The number of rotatable bonds is 9. The third-order valence-corrected chi connectivity index (χ3v) is 3.03. The fourth-order valence-electron chi connectivity index (χ4n) is 1.82. The number of anilines is 1. The summed E-state index contributed by atoms with van der Waals surface area (Å²) >= 11 is 0. The number of nitrogens with zero attached hydrogens (tertiary/aromatic N) is 2. The first-order valence-corrected chi connectivity index (χ1v) is 7.12.